The van der Waals surface area contributed by atoms with Crippen LogP contribution in [0.1, 0.15) is 34.8 Å². The van der Waals surface area contributed by atoms with Crippen molar-refractivity contribution < 1.29 is 23.7 Å². The third kappa shape index (κ3) is 5.22. The van der Waals surface area contributed by atoms with E-state index in [1.165, 1.54) is 7.11 Å². The highest BCUT2D eigenvalue weighted by Gasteiger charge is 2.13. The Kier molecular flexibility index (Phi) is 6.83. The van der Waals surface area contributed by atoms with E-state index in [-0.39, 0.29) is 0 Å². The van der Waals surface area contributed by atoms with Gasteiger partial charge in [-0.25, -0.2) is 4.79 Å². The minimum Gasteiger partial charge on any atom is -0.489 e. The summed E-state index contributed by atoms with van der Waals surface area (Å²) >= 11 is 0. The Morgan fingerprint density at radius 2 is 1.80 bits per heavy atom. The number of hydrogen-bond donors (Lipinski definition) is 0. The van der Waals surface area contributed by atoms with Crippen molar-refractivity contribution >= 4 is 5.97 Å². The third-order valence-corrected chi connectivity index (χ3v) is 3.82. The van der Waals surface area contributed by atoms with E-state index >= 15 is 0 Å². The number of benzene rings is 2. The van der Waals surface area contributed by atoms with Gasteiger partial charge in [0.05, 0.1) is 12.7 Å². The second-order valence-corrected chi connectivity index (χ2v) is 5.59. The number of carbonyl (C=O) groups excluding carboxylic acids is 1. The Labute approximate surface area is 148 Å². The van der Waals surface area contributed by atoms with Crippen molar-refractivity contribution in [3.05, 3.63) is 59.2 Å². The molecule has 0 spiro atoms. The molecule has 0 radical (unpaired) electrons. The van der Waals surface area contributed by atoms with E-state index in [1.807, 2.05) is 38.1 Å². The standard InChI is InChI=1S/C20H24O5/c1-5-19(22-3)25-18-11-16(20(21)23-4)10-17(12-18)24-13-15-9-7-6-8-14(15)2/h6-12,19H,5,13H2,1-4H3. The van der Waals surface area contributed by atoms with Crippen LogP contribution >= 0.6 is 0 Å². The lowest BCUT2D eigenvalue weighted by molar-refractivity contribution is -0.0549. The van der Waals surface area contributed by atoms with Gasteiger partial charge in [-0.3, -0.25) is 0 Å². The van der Waals surface area contributed by atoms with Crippen LogP contribution in [-0.4, -0.2) is 26.5 Å². The quantitative estimate of drug-likeness (QED) is 0.532. The van der Waals surface area contributed by atoms with Crippen LogP contribution in [-0.2, 0) is 16.1 Å². The molecule has 5 heteroatoms. The monoisotopic (exact) mass is 344 g/mol. The molecule has 0 saturated carbocycles. The maximum absolute atomic E-state index is 11.9. The van der Waals surface area contributed by atoms with Crippen molar-refractivity contribution in [1.82, 2.24) is 0 Å². The van der Waals surface area contributed by atoms with E-state index in [2.05, 4.69) is 0 Å². The number of methoxy groups -OCH3 is 2. The molecule has 0 heterocycles. The van der Waals surface area contributed by atoms with Gasteiger partial charge in [0, 0.05) is 19.6 Å². The fourth-order valence-corrected chi connectivity index (χ4v) is 2.34. The predicted molar refractivity (Wildman–Crippen MR) is 95.0 cm³/mol. The summed E-state index contributed by atoms with van der Waals surface area (Å²) < 4.78 is 21.7. The molecule has 5 nitrogen and oxygen atoms in total. The highest BCUT2D eigenvalue weighted by Crippen LogP contribution is 2.26. The first-order valence-electron chi connectivity index (χ1n) is 8.17. The van der Waals surface area contributed by atoms with Gasteiger partial charge >= 0.3 is 5.97 Å². The lowest BCUT2D eigenvalue weighted by atomic mass is 10.1. The van der Waals surface area contributed by atoms with Crippen LogP contribution < -0.4 is 9.47 Å². The van der Waals surface area contributed by atoms with Crippen molar-refractivity contribution in [2.45, 2.75) is 33.2 Å². The van der Waals surface area contributed by atoms with Gasteiger partial charge in [-0.15, -0.1) is 0 Å². The maximum Gasteiger partial charge on any atom is 0.338 e. The van der Waals surface area contributed by atoms with Crippen LogP contribution in [0.3, 0.4) is 0 Å². The van der Waals surface area contributed by atoms with Crippen LogP contribution in [0.2, 0.25) is 0 Å². The molecule has 1 atom stereocenters. The highest BCUT2D eigenvalue weighted by atomic mass is 16.7. The summed E-state index contributed by atoms with van der Waals surface area (Å²) in [5, 5.41) is 0. The minimum atomic E-state index is -0.448. The zero-order valence-electron chi connectivity index (χ0n) is 15.1. The third-order valence-electron chi connectivity index (χ3n) is 3.82. The molecule has 1 unspecified atom stereocenters. The van der Waals surface area contributed by atoms with Crippen LogP contribution in [0.25, 0.3) is 0 Å². The molecule has 2 aromatic rings. The van der Waals surface area contributed by atoms with E-state index in [0.717, 1.165) is 11.1 Å². The molecule has 0 aliphatic rings. The Morgan fingerprint density at radius 1 is 1.08 bits per heavy atom. The predicted octanol–water partition coefficient (Wildman–Crippen LogP) is 4.12. The van der Waals surface area contributed by atoms with Crippen molar-refractivity contribution in [3.63, 3.8) is 0 Å². The van der Waals surface area contributed by atoms with Crippen LogP contribution in [0.5, 0.6) is 11.5 Å². The Morgan fingerprint density at radius 3 is 2.44 bits per heavy atom. The molecule has 25 heavy (non-hydrogen) atoms. The zero-order chi connectivity index (χ0) is 18.2. The molecule has 0 aromatic heterocycles. The van der Waals surface area contributed by atoms with Gasteiger partial charge in [0.15, 0.2) is 6.29 Å². The fourth-order valence-electron chi connectivity index (χ4n) is 2.34. The topological polar surface area (TPSA) is 54.0 Å². The summed E-state index contributed by atoms with van der Waals surface area (Å²) in [4.78, 5) is 11.9. The van der Waals surface area contributed by atoms with Crippen LogP contribution in [0, 0.1) is 6.92 Å². The zero-order valence-corrected chi connectivity index (χ0v) is 15.1. The molecule has 0 aliphatic carbocycles. The Balaban J connectivity index is 2.23. The van der Waals surface area contributed by atoms with Gasteiger partial charge in [0.2, 0.25) is 0 Å². The van der Waals surface area contributed by atoms with Crippen LogP contribution in [0.4, 0.5) is 0 Å². The smallest absolute Gasteiger partial charge is 0.338 e. The molecule has 0 aliphatic heterocycles. The number of rotatable bonds is 8. The summed E-state index contributed by atoms with van der Waals surface area (Å²) in [5.41, 5.74) is 2.59. The minimum absolute atomic E-state index is 0.366. The van der Waals surface area contributed by atoms with Gasteiger partial charge in [0.25, 0.3) is 0 Å². The average molecular weight is 344 g/mol. The number of carbonyl (C=O) groups is 1. The summed E-state index contributed by atoms with van der Waals surface area (Å²) in [7, 11) is 2.92. The fraction of sp³-hybridized carbons (Fsp3) is 0.350. The number of hydrogen-bond acceptors (Lipinski definition) is 5. The van der Waals surface area contributed by atoms with E-state index < -0.39 is 12.3 Å². The van der Waals surface area contributed by atoms with Gasteiger partial charge in [-0.1, -0.05) is 31.2 Å². The first kappa shape index (κ1) is 18.8. The molecular formula is C20H24O5. The maximum atomic E-state index is 11.9. The molecule has 0 amide bonds. The second-order valence-electron chi connectivity index (χ2n) is 5.59. The SMILES string of the molecule is CCC(OC)Oc1cc(OCc2ccccc2C)cc(C(=O)OC)c1. The van der Waals surface area contributed by atoms with Crippen molar-refractivity contribution in [2.75, 3.05) is 14.2 Å². The Bertz CT molecular complexity index is 707. The van der Waals surface area contributed by atoms with Gasteiger partial charge in [0.1, 0.15) is 18.1 Å². The van der Waals surface area contributed by atoms with Crippen molar-refractivity contribution in [2.24, 2.45) is 0 Å². The lowest BCUT2D eigenvalue weighted by Crippen LogP contribution is -2.17. The molecular weight excluding hydrogens is 320 g/mol. The Hall–Kier alpha value is -2.53. The van der Waals surface area contributed by atoms with E-state index in [1.54, 1.807) is 25.3 Å². The van der Waals surface area contributed by atoms with Gasteiger partial charge in [-0.2, -0.15) is 0 Å². The molecule has 2 rings (SSSR count). The first-order chi connectivity index (χ1) is 12.1. The summed E-state index contributed by atoms with van der Waals surface area (Å²) in [6.45, 7) is 4.38. The largest absolute Gasteiger partial charge is 0.489 e. The summed E-state index contributed by atoms with van der Waals surface area (Å²) in [5.74, 6) is 0.583. The second kappa shape index (κ2) is 9.08. The number of ether oxygens (including phenoxy) is 4. The molecule has 0 N–H and O–H groups in total. The number of esters is 1. The van der Waals surface area contributed by atoms with Crippen LogP contribution in [0.15, 0.2) is 42.5 Å². The molecule has 134 valence electrons. The van der Waals surface area contributed by atoms with E-state index in [4.69, 9.17) is 18.9 Å². The van der Waals surface area contributed by atoms with Crippen molar-refractivity contribution in [1.29, 1.82) is 0 Å². The average Bonchev–Trinajstić information content (AvgIpc) is 2.64. The lowest BCUT2D eigenvalue weighted by Gasteiger charge is -2.17. The van der Waals surface area contributed by atoms with Gasteiger partial charge in [-0.05, 0) is 30.2 Å². The molecule has 2 aromatic carbocycles. The molecule has 0 bridgehead atoms. The molecule has 0 fully saturated rings. The van der Waals surface area contributed by atoms with E-state index in [0.29, 0.717) is 30.1 Å². The number of aryl methyl sites for hydroxylation is 1. The summed E-state index contributed by atoms with van der Waals surface area (Å²) in [6.07, 6.45) is 0.287. The normalized spacial score (nSPS) is 11.7. The summed E-state index contributed by atoms with van der Waals surface area (Å²) in [6, 6.07) is 13.0. The first-order valence-corrected chi connectivity index (χ1v) is 8.17. The highest BCUT2D eigenvalue weighted by molar-refractivity contribution is 5.90. The van der Waals surface area contributed by atoms with Crippen molar-refractivity contribution in [3.8, 4) is 11.5 Å². The van der Waals surface area contributed by atoms with E-state index in [9.17, 15) is 4.79 Å². The van der Waals surface area contributed by atoms with Gasteiger partial charge < -0.3 is 18.9 Å². The molecule has 0 saturated heterocycles.